The summed E-state index contributed by atoms with van der Waals surface area (Å²) in [7, 11) is 1.74. The van der Waals surface area contributed by atoms with Crippen molar-refractivity contribution in [1.82, 2.24) is 15.1 Å². The van der Waals surface area contributed by atoms with Crippen LogP contribution in [-0.2, 0) is 11.3 Å². The summed E-state index contributed by atoms with van der Waals surface area (Å²) in [6, 6.07) is 2.78. The van der Waals surface area contributed by atoms with Crippen LogP contribution >= 0.6 is 0 Å². The molecule has 0 saturated carbocycles. The second kappa shape index (κ2) is 6.58. The van der Waals surface area contributed by atoms with E-state index in [1.807, 2.05) is 16.9 Å². The van der Waals surface area contributed by atoms with Gasteiger partial charge in [0.1, 0.15) is 0 Å². The minimum atomic E-state index is 0.407. The molecule has 0 aliphatic carbocycles. The second-order valence-corrected chi connectivity index (χ2v) is 3.86. The Kier molecular flexibility index (Phi) is 5.36. The van der Waals surface area contributed by atoms with Gasteiger partial charge in [-0.3, -0.25) is 4.68 Å². The van der Waals surface area contributed by atoms with Crippen LogP contribution in [0.3, 0.4) is 0 Å². The highest BCUT2D eigenvalue weighted by Crippen LogP contribution is 1.97. The lowest BCUT2D eigenvalue weighted by atomic mass is 10.2. The van der Waals surface area contributed by atoms with Gasteiger partial charge in [-0.25, -0.2) is 0 Å². The van der Waals surface area contributed by atoms with Crippen LogP contribution in [-0.4, -0.2) is 35.6 Å². The van der Waals surface area contributed by atoms with Gasteiger partial charge < -0.3 is 10.1 Å². The van der Waals surface area contributed by atoms with E-state index in [-0.39, 0.29) is 0 Å². The van der Waals surface area contributed by atoms with Gasteiger partial charge >= 0.3 is 0 Å². The van der Waals surface area contributed by atoms with Gasteiger partial charge in [0.15, 0.2) is 0 Å². The second-order valence-electron chi connectivity index (χ2n) is 3.86. The number of ether oxygens (including phenoxy) is 1. The fourth-order valence-corrected chi connectivity index (χ4v) is 1.63. The first kappa shape index (κ1) is 12.2. The number of hydrogen-bond acceptors (Lipinski definition) is 3. The van der Waals surface area contributed by atoms with E-state index < -0.39 is 0 Å². The lowest BCUT2D eigenvalue weighted by Gasteiger charge is -2.21. The van der Waals surface area contributed by atoms with Crippen molar-refractivity contribution in [2.24, 2.45) is 0 Å². The third-order valence-electron chi connectivity index (χ3n) is 2.40. The lowest BCUT2D eigenvalue weighted by molar-refractivity contribution is 0.157. The summed E-state index contributed by atoms with van der Waals surface area (Å²) in [5.41, 5.74) is 0. The first-order valence-corrected chi connectivity index (χ1v) is 5.48. The van der Waals surface area contributed by atoms with Gasteiger partial charge in [0.05, 0.1) is 13.2 Å². The Morgan fingerprint density at radius 2 is 2.33 bits per heavy atom. The van der Waals surface area contributed by atoms with Gasteiger partial charge in [-0.1, -0.05) is 6.92 Å². The summed E-state index contributed by atoms with van der Waals surface area (Å²) in [6.45, 7) is 5.99. The van der Waals surface area contributed by atoms with E-state index in [9.17, 15) is 0 Å². The summed E-state index contributed by atoms with van der Waals surface area (Å²) in [5, 5.41) is 7.70. The van der Waals surface area contributed by atoms with Crippen molar-refractivity contribution in [3.63, 3.8) is 0 Å². The summed E-state index contributed by atoms with van der Waals surface area (Å²) in [4.78, 5) is 0. The molecular formula is C11H21N3O. The van der Waals surface area contributed by atoms with Crippen molar-refractivity contribution in [3.05, 3.63) is 18.5 Å². The number of nitrogens with one attached hydrogen (secondary N) is 1. The zero-order valence-corrected chi connectivity index (χ0v) is 9.81. The number of methoxy groups -OCH3 is 1. The quantitative estimate of drug-likeness (QED) is 0.738. The number of hydrogen-bond donors (Lipinski definition) is 1. The molecule has 2 atom stereocenters. The Bertz CT molecular complexity index is 248. The molecule has 0 aliphatic heterocycles. The molecule has 1 aromatic heterocycles. The van der Waals surface area contributed by atoms with Crippen LogP contribution in [0.4, 0.5) is 0 Å². The average Bonchev–Trinajstić information content (AvgIpc) is 2.69. The van der Waals surface area contributed by atoms with Crippen molar-refractivity contribution >= 4 is 0 Å². The van der Waals surface area contributed by atoms with Crippen molar-refractivity contribution in [2.45, 2.75) is 38.9 Å². The highest BCUT2D eigenvalue weighted by molar-refractivity contribution is 4.79. The molecular weight excluding hydrogens is 190 g/mol. The molecule has 0 bridgehead atoms. The minimum absolute atomic E-state index is 0.407. The van der Waals surface area contributed by atoms with Crippen LogP contribution in [0.25, 0.3) is 0 Å². The molecule has 0 saturated heterocycles. The molecule has 4 nitrogen and oxygen atoms in total. The van der Waals surface area contributed by atoms with Gasteiger partial charge in [0.25, 0.3) is 0 Å². The van der Waals surface area contributed by atoms with Gasteiger partial charge in [0, 0.05) is 31.6 Å². The minimum Gasteiger partial charge on any atom is -0.383 e. The smallest absolute Gasteiger partial charge is 0.0615 e. The first-order valence-electron chi connectivity index (χ1n) is 5.48. The van der Waals surface area contributed by atoms with Crippen LogP contribution in [0, 0.1) is 0 Å². The molecule has 1 rings (SSSR count). The molecule has 0 spiro atoms. The number of nitrogens with zero attached hydrogens (tertiary/aromatic N) is 2. The Morgan fingerprint density at radius 1 is 1.53 bits per heavy atom. The van der Waals surface area contributed by atoms with Crippen molar-refractivity contribution in [2.75, 3.05) is 13.7 Å². The fourth-order valence-electron chi connectivity index (χ4n) is 1.63. The van der Waals surface area contributed by atoms with Gasteiger partial charge in [-0.2, -0.15) is 5.10 Å². The summed E-state index contributed by atoms with van der Waals surface area (Å²) in [5.74, 6) is 0. The molecule has 86 valence electrons. The third kappa shape index (κ3) is 4.44. The summed E-state index contributed by atoms with van der Waals surface area (Å²) >= 11 is 0. The van der Waals surface area contributed by atoms with Crippen LogP contribution in [0.1, 0.15) is 20.3 Å². The van der Waals surface area contributed by atoms with Crippen molar-refractivity contribution < 1.29 is 4.74 Å². The predicted octanol–water partition coefficient (Wildman–Crippen LogP) is 1.29. The highest BCUT2D eigenvalue weighted by Gasteiger charge is 2.10. The predicted molar refractivity (Wildman–Crippen MR) is 60.8 cm³/mol. The van der Waals surface area contributed by atoms with Gasteiger partial charge in [-0.05, 0) is 19.4 Å². The van der Waals surface area contributed by atoms with E-state index in [1.165, 1.54) is 0 Å². The van der Waals surface area contributed by atoms with Gasteiger partial charge in [0.2, 0.25) is 0 Å². The SMILES string of the molecule is CCC(COC)NC(C)Cn1cccn1. The first-order chi connectivity index (χ1) is 7.26. The van der Waals surface area contributed by atoms with E-state index in [4.69, 9.17) is 4.74 Å². The molecule has 1 heterocycles. The summed E-state index contributed by atoms with van der Waals surface area (Å²) in [6.07, 6.45) is 4.87. The molecule has 2 unspecified atom stereocenters. The molecule has 0 aromatic carbocycles. The lowest BCUT2D eigenvalue weighted by Crippen LogP contribution is -2.41. The van der Waals surface area contributed by atoms with E-state index in [0.29, 0.717) is 12.1 Å². The maximum Gasteiger partial charge on any atom is 0.0615 e. The Morgan fingerprint density at radius 3 is 2.87 bits per heavy atom. The van der Waals surface area contributed by atoms with Crippen LogP contribution in [0.15, 0.2) is 18.5 Å². The maximum absolute atomic E-state index is 5.15. The number of rotatable bonds is 7. The molecule has 1 N–H and O–H groups in total. The highest BCUT2D eigenvalue weighted by atomic mass is 16.5. The van der Waals surface area contributed by atoms with Crippen LogP contribution in [0.2, 0.25) is 0 Å². The molecule has 0 aliphatic rings. The van der Waals surface area contributed by atoms with Crippen molar-refractivity contribution in [3.8, 4) is 0 Å². The monoisotopic (exact) mass is 211 g/mol. The Labute approximate surface area is 91.6 Å². The van der Waals surface area contributed by atoms with Gasteiger partial charge in [-0.15, -0.1) is 0 Å². The standard InChI is InChI=1S/C11H21N3O/c1-4-11(9-15-3)13-10(2)8-14-7-5-6-12-14/h5-7,10-11,13H,4,8-9H2,1-3H3. The molecule has 4 heteroatoms. The zero-order valence-electron chi connectivity index (χ0n) is 9.81. The van der Waals surface area contributed by atoms with E-state index in [2.05, 4.69) is 24.3 Å². The van der Waals surface area contributed by atoms with Crippen molar-refractivity contribution in [1.29, 1.82) is 0 Å². The molecule has 0 radical (unpaired) electrons. The van der Waals surface area contributed by atoms with E-state index >= 15 is 0 Å². The topological polar surface area (TPSA) is 39.1 Å². The number of aromatic nitrogens is 2. The molecule has 15 heavy (non-hydrogen) atoms. The maximum atomic E-state index is 5.15. The average molecular weight is 211 g/mol. The van der Waals surface area contributed by atoms with Crippen LogP contribution < -0.4 is 5.32 Å². The summed E-state index contributed by atoms with van der Waals surface area (Å²) < 4.78 is 7.09. The molecule has 1 aromatic rings. The zero-order chi connectivity index (χ0) is 11.1. The molecule has 0 amide bonds. The van der Waals surface area contributed by atoms with E-state index in [1.54, 1.807) is 13.3 Å². The third-order valence-corrected chi connectivity index (χ3v) is 2.40. The Balaban J connectivity index is 2.30. The van der Waals surface area contributed by atoms with Crippen LogP contribution in [0.5, 0.6) is 0 Å². The molecule has 0 fully saturated rings. The fraction of sp³-hybridized carbons (Fsp3) is 0.727. The van der Waals surface area contributed by atoms with E-state index in [0.717, 1.165) is 19.6 Å². The normalized spacial score (nSPS) is 15.1. The largest absolute Gasteiger partial charge is 0.383 e. The Hall–Kier alpha value is -0.870.